The van der Waals surface area contributed by atoms with E-state index in [0.29, 0.717) is 17.2 Å². The summed E-state index contributed by atoms with van der Waals surface area (Å²) in [6.07, 6.45) is -1.02. The van der Waals surface area contributed by atoms with Crippen molar-refractivity contribution in [2.24, 2.45) is 0 Å². The summed E-state index contributed by atoms with van der Waals surface area (Å²) >= 11 is 0. The standard InChI is InChI=1S/C31H32N2O5S/c1-31(2,3)24-14-16-28-27(20-24)33(39(35,36)26-11-5-4-6-12-26)21-29(38-28)30(34)32-17-18-37-25-15-13-22-9-7-8-10-23(22)19-25/h4-16,19-20,29H,17-18,21H2,1-3H3,(H,32,34)/t29-/m1/s1. The average Bonchev–Trinajstić information content (AvgIpc) is 2.94. The van der Waals surface area contributed by atoms with E-state index in [1.807, 2.05) is 54.6 Å². The summed E-state index contributed by atoms with van der Waals surface area (Å²) in [5.41, 5.74) is 1.19. The highest BCUT2D eigenvalue weighted by Crippen LogP contribution is 2.40. The van der Waals surface area contributed by atoms with Crippen LogP contribution in [-0.2, 0) is 20.2 Å². The van der Waals surface area contributed by atoms with Crippen LogP contribution in [0.25, 0.3) is 10.8 Å². The van der Waals surface area contributed by atoms with E-state index in [4.69, 9.17) is 9.47 Å². The van der Waals surface area contributed by atoms with Gasteiger partial charge in [-0.15, -0.1) is 0 Å². The van der Waals surface area contributed by atoms with Crippen molar-refractivity contribution in [1.82, 2.24) is 5.32 Å². The van der Waals surface area contributed by atoms with Gasteiger partial charge in [0.05, 0.1) is 23.7 Å². The minimum Gasteiger partial charge on any atom is -0.492 e. The van der Waals surface area contributed by atoms with E-state index in [9.17, 15) is 13.2 Å². The third-order valence-corrected chi connectivity index (χ3v) is 8.50. The molecule has 202 valence electrons. The smallest absolute Gasteiger partial charge is 0.264 e. The number of nitrogens with one attached hydrogen (secondary N) is 1. The Bertz CT molecular complexity index is 1600. The zero-order chi connectivity index (χ0) is 27.6. The van der Waals surface area contributed by atoms with E-state index >= 15 is 0 Å². The van der Waals surface area contributed by atoms with Crippen LogP contribution in [-0.4, -0.2) is 40.1 Å². The SMILES string of the molecule is CC(C)(C)c1ccc2c(c1)N(S(=O)(=O)c1ccccc1)C[C@H](C(=O)NCCOc1ccc3ccccc3c1)O2. The topological polar surface area (TPSA) is 84.9 Å². The minimum atomic E-state index is -3.93. The number of benzene rings is 4. The number of amides is 1. The molecule has 1 N–H and O–H groups in total. The van der Waals surface area contributed by atoms with Crippen LogP contribution in [0.5, 0.6) is 11.5 Å². The quantitative estimate of drug-likeness (QED) is 0.320. The van der Waals surface area contributed by atoms with Crippen molar-refractivity contribution < 1.29 is 22.7 Å². The Morgan fingerprint density at radius 3 is 2.41 bits per heavy atom. The van der Waals surface area contributed by atoms with E-state index < -0.39 is 22.0 Å². The van der Waals surface area contributed by atoms with Crippen molar-refractivity contribution in [2.75, 3.05) is 24.0 Å². The molecule has 0 bridgehead atoms. The monoisotopic (exact) mass is 544 g/mol. The van der Waals surface area contributed by atoms with Gasteiger partial charge in [-0.2, -0.15) is 0 Å². The van der Waals surface area contributed by atoms with Gasteiger partial charge in [0, 0.05) is 0 Å². The lowest BCUT2D eigenvalue weighted by atomic mass is 9.86. The molecule has 39 heavy (non-hydrogen) atoms. The highest BCUT2D eigenvalue weighted by molar-refractivity contribution is 7.92. The van der Waals surface area contributed by atoms with E-state index in [0.717, 1.165) is 16.3 Å². The number of nitrogens with zero attached hydrogens (tertiary/aromatic N) is 1. The lowest BCUT2D eigenvalue weighted by molar-refractivity contribution is -0.127. The molecular weight excluding hydrogens is 512 g/mol. The van der Waals surface area contributed by atoms with E-state index in [2.05, 4.69) is 26.1 Å². The van der Waals surface area contributed by atoms with Crippen LogP contribution in [0, 0.1) is 0 Å². The lowest BCUT2D eigenvalue weighted by Gasteiger charge is -2.36. The molecule has 1 amide bonds. The van der Waals surface area contributed by atoms with Gasteiger partial charge in [0.2, 0.25) is 0 Å². The normalized spacial score (nSPS) is 15.4. The number of hydrogen-bond acceptors (Lipinski definition) is 5. The van der Waals surface area contributed by atoms with Crippen molar-refractivity contribution in [1.29, 1.82) is 0 Å². The zero-order valence-corrected chi connectivity index (χ0v) is 23.1. The van der Waals surface area contributed by atoms with Crippen LogP contribution < -0.4 is 19.1 Å². The molecule has 4 aromatic rings. The Morgan fingerprint density at radius 2 is 1.67 bits per heavy atom. The second kappa shape index (κ2) is 10.6. The predicted molar refractivity (Wildman–Crippen MR) is 153 cm³/mol. The van der Waals surface area contributed by atoms with Crippen LogP contribution in [0.3, 0.4) is 0 Å². The maximum absolute atomic E-state index is 13.7. The largest absolute Gasteiger partial charge is 0.492 e. The molecule has 0 unspecified atom stereocenters. The molecule has 0 radical (unpaired) electrons. The lowest BCUT2D eigenvalue weighted by Crippen LogP contribution is -2.51. The molecule has 0 fully saturated rings. The van der Waals surface area contributed by atoms with Crippen molar-refractivity contribution in [3.8, 4) is 11.5 Å². The van der Waals surface area contributed by atoms with Crippen molar-refractivity contribution in [2.45, 2.75) is 37.2 Å². The second-order valence-corrected chi connectivity index (χ2v) is 12.4. The maximum Gasteiger partial charge on any atom is 0.264 e. The first kappa shape index (κ1) is 26.6. The molecule has 1 aliphatic heterocycles. The number of sulfonamides is 1. The summed E-state index contributed by atoms with van der Waals surface area (Å²) in [7, 11) is -3.93. The number of anilines is 1. The van der Waals surface area contributed by atoms with Gasteiger partial charge in [0.25, 0.3) is 15.9 Å². The highest BCUT2D eigenvalue weighted by atomic mass is 32.2. The summed E-state index contributed by atoms with van der Waals surface area (Å²) in [5.74, 6) is 0.651. The number of hydrogen-bond donors (Lipinski definition) is 1. The van der Waals surface area contributed by atoms with Gasteiger partial charge in [-0.1, -0.05) is 75.4 Å². The molecule has 1 atom stereocenters. The summed E-state index contributed by atoms with van der Waals surface area (Å²) in [5, 5.41) is 5.02. The maximum atomic E-state index is 13.7. The molecule has 0 saturated heterocycles. The molecule has 1 aliphatic rings. The Labute approximate surface area is 229 Å². The third kappa shape index (κ3) is 5.71. The van der Waals surface area contributed by atoms with Gasteiger partial charge < -0.3 is 14.8 Å². The van der Waals surface area contributed by atoms with Crippen LogP contribution in [0.1, 0.15) is 26.3 Å². The summed E-state index contributed by atoms with van der Waals surface area (Å²) < 4.78 is 40.6. The van der Waals surface area contributed by atoms with Crippen LogP contribution in [0.15, 0.2) is 95.9 Å². The van der Waals surface area contributed by atoms with Gasteiger partial charge >= 0.3 is 0 Å². The Kier molecular flexibility index (Phi) is 7.23. The molecule has 7 nitrogen and oxygen atoms in total. The average molecular weight is 545 g/mol. The van der Waals surface area contributed by atoms with Crippen LogP contribution in [0.4, 0.5) is 5.69 Å². The van der Waals surface area contributed by atoms with Gasteiger partial charge in [-0.3, -0.25) is 9.10 Å². The van der Waals surface area contributed by atoms with Gasteiger partial charge in [0.1, 0.15) is 18.1 Å². The first-order chi connectivity index (χ1) is 18.6. The fraction of sp³-hybridized carbons (Fsp3) is 0.258. The van der Waals surface area contributed by atoms with Crippen LogP contribution in [0.2, 0.25) is 0 Å². The molecular formula is C31H32N2O5S. The Morgan fingerprint density at radius 1 is 0.949 bits per heavy atom. The van der Waals surface area contributed by atoms with Crippen molar-refractivity contribution in [3.63, 3.8) is 0 Å². The second-order valence-electron chi connectivity index (χ2n) is 10.5. The molecule has 0 saturated carbocycles. The molecule has 1 heterocycles. The Balaban J connectivity index is 1.31. The number of ether oxygens (including phenoxy) is 2. The van der Waals surface area contributed by atoms with Gasteiger partial charge in [-0.05, 0) is 58.1 Å². The highest BCUT2D eigenvalue weighted by Gasteiger charge is 2.38. The van der Waals surface area contributed by atoms with Gasteiger partial charge in [0.15, 0.2) is 6.10 Å². The first-order valence-corrected chi connectivity index (χ1v) is 14.4. The predicted octanol–water partition coefficient (Wildman–Crippen LogP) is 5.29. The molecule has 0 aliphatic carbocycles. The van der Waals surface area contributed by atoms with Crippen LogP contribution >= 0.6 is 0 Å². The summed E-state index contributed by atoms with van der Waals surface area (Å²) in [6, 6.07) is 27.6. The summed E-state index contributed by atoms with van der Waals surface area (Å²) in [4.78, 5) is 13.3. The molecule has 0 aromatic heterocycles. The van der Waals surface area contributed by atoms with E-state index in [1.165, 1.54) is 4.31 Å². The fourth-order valence-electron chi connectivity index (χ4n) is 4.52. The first-order valence-electron chi connectivity index (χ1n) is 12.9. The number of fused-ring (bicyclic) bond motifs is 2. The van der Waals surface area contributed by atoms with Crippen molar-refractivity contribution >= 4 is 32.4 Å². The number of carbonyl (C=O) groups is 1. The molecule has 8 heteroatoms. The molecule has 5 rings (SSSR count). The fourth-order valence-corrected chi connectivity index (χ4v) is 6.00. The minimum absolute atomic E-state index is 0.144. The van der Waals surface area contributed by atoms with E-state index in [-0.39, 0.29) is 30.0 Å². The molecule has 0 spiro atoms. The Hall–Kier alpha value is -4.04. The van der Waals surface area contributed by atoms with Gasteiger partial charge in [-0.25, -0.2) is 8.42 Å². The van der Waals surface area contributed by atoms with Crippen molar-refractivity contribution in [3.05, 3.63) is 96.6 Å². The summed E-state index contributed by atoms with van der Waals surface area (Å²) in [6.45, 7) is 6.54. The number of rotatable bonds is 7. The zero-order valence-electron chi connectivity index (χ0n) is 22.3. The third-order valence-electron chi connectivity index (χ3n) is 6.71. The molecule has 4 aromatic carbocycles. The van der Waals surface area contributed by atoms with E-state index in [1.54, 1.807) is 36.4 Å². The number of carbonyl (C=O) groups excluding carboxylic acids is 1.